The molecule has 0 aliphatic carbocycles. The van der Waals surface area contributed by atoms with E-state index in [1.54, 1.807) is 36.5 Å². The van der Waals surface area contributed by atoms with Crippen LogP contribution in [0.25, 0.3) is 22.2 Å². The zero-order chi connectivity index (χ0) is 36.2. The summed E-state index contributed by atoms with van der Waals surface area (Å²) in [4.78, 5) is 47.4. The van der Waals surface area contributed by atoms with Crippen LogP contribution in [0.4, 0.5) is 5.82 Å². The molecular weight excluding hydrogens is 703 g/mol. The van der Waals surface area contributed by atoms with Gasteiger partial charge in [-0.2, -0.15) is 0 Å². The van der Waals surface area contributed by atoms with Crippen molar-refractivity contribution in [2.24, 2.45) is 0 Å². The molecule has 264 valence electrons. The van der Waals surface area contributed by atoms with Gasteiger partial charge < -0.3 is 28.6 Å². The van der Waals surface area contributed by atoms with Crippen LogP contribution < -0.4 is 5.48 Å². The average Bonchev–Trinajstić information content (AvgIpc) is 3.66. The fraction of sp³-hybridized carbons (Fsp3) is 0.250. The number of carbonyl (C=O) groups excluding carboxylic acids is 3. The number of carbonyl (C=O) groups is 3. The highest BCUT2D eigenvalue weighted by atomic mass is 35.5. The molecule has 1 fully saturated rings. The van der Waals surface area contributed by atoms with E-state index < -0.39 is 48.6 Å². The summed E-state index contributed by atoms with van der Waals surface area (Å²) in [6.07, 6.45) is -3.52. The van der Waals surface area contributed by atoms with E-state index in [4.69, 9.17) is 42.1 Å². The minimum absolute atomic E-state index is 0.0539. The van der Waals surface area contributed by atoms with Gasteiger partial charge in [0.05, 0.1) is 21.0 Å². The largest absolute Gasteiger partial charge is 0.455 e. The molecule has 0 unspecified atom stereocenters. The van der Waals surface area contributed by atoms with Gasteiger partial charge in [-0.1, -0.05) is 71.7 Å². The number of nitrogens with zero attached hydrogens (tertiary/aromatic N) is 3. The monoisotopic (exact) mass is 734 g/mol. The van der Waals surface area contributed by atoms with Gasteiger partial charge in [-0.15, -0.1) is 0 Å². The smallest absolute Gasteiger partial charge is 0.338 e. The van der Waals surface area contributed by atoms with Gasteiger partial charge in [-0.05, 0) is 52.9 Å². The minimum Gasteiger partial charge on any atom is -0.455 e. The Kier molecular flexibility index (Phi) is 10.8. The minimum atomic E-state index is -1.33. The van der Waals surface area contributed by atoms with Crippen LogP contribution in [-0.4, -0.2) is 67.7 Å². The first-order valence-corrected chi connectivity index (χ1v) is 16.5. The van der Waals surface area contributed by atoms with Gasteiger partial charge in [-0.25, -0.2) is 14.8 Å². The lowest BCUT2D eigenvalue weighted by molar-refractivity contribution is -0.166. The number of ether oxygens (including phenoxy) is 4. The number of fused-ring (bicyclic) bond motifs is 1. The molecule has 15 heteroatoms. The molecule has 2 aromatic heterocycles. The van der Waals surface area contributed by atoms with Crippen molar-refractivity contribution >= 4 is 58.0 Å². The maximum atomic E-state index is 13.8. The van der Waals surface area contributed by atoms with Gasteiger partial charge in [0.15, 0.2) is 30.4 Å². The summed E-state index contributed by atoms with van der Waals surface area (Å²) in [6, 6.07) is 21.1. The second-order valence-corrected chi connectivity index (χ2v) is 12.5. The van der Waals surface area contributed by atoms with E-state index in [9.17, 15) is 24.7 Å². The Morgan fingerprint density at radius 2 is 1.61 bits per heavy atom. The van der Waals surface area contributed by atoms with Gasteiger partial charge in [-0.3, -0.25) is 20.3 Å². The summed E-state index contributed by atoms with van der Waals surface area (Å²) < 4.78 is 25.8. The second kappa shape index (κ2) is 15.5. The van der Waals surface area contributed by atoms with Crippen LogP contribution in [0.2, 0.25) is 10.0 Å². The molecule has 0 bridgehead atoms. The summed E-state index contributed by atoms with van der Waals surface area (Å²) >= 11 is 12.7. The molecule has 3 N–H and O–H groups in total. The molecule has 0 spiro atoms. The number of aromatic nitrogens is 3. The van der Waals surface area contributed by atoms with E-state index in [2.05, 4.69) is 9.97 Å². The molecule has 6 rings (SSSR count). The quantitative estimate of drug-likeness (QED) is 0.0810. The van der Waals surface area contributed by atoms with Crippen molar-refractivity contribution in [2.45, 2.75) is 50.9 Å². The van der Waals surface area contributed by atoms with Crippen LogP contribution in [0, 0.1) is 0 Å². The van der Waals surface area contributed by atoms with Crippen LogP contribution >= 0.6 is 23.2 Å². The fourth-order valence-corrected chi connectivity index (χ4v) is 6.46. The molecule has 5 atom stereocenters. The van der Waals surface area contributed by atoms with Crippen LogP contribution in [0.5, 0.6) is 0 Å². The lowest BCUT2D eigenvalue weighted by atomic mass is 9.98. The lowest BCUT2D eigenvalue weighted by Gasteiger charge is -2.28. The topological polar surface area (TPSA) is 171 Å². The van der Waals surface area contributed by atoms with Crippen molar-refractivity contribution in [2.75, 3.05) is 12.1 Å². The fourth-order valence-electron chi connectivity index (χ4n) is 6.15. The third kappa shape index (κ3) is 7.53. The number of esters is 3. The Bertz CT molecular complexity index is 2060. The van der Waals surface area contributed by atoms with Gasteiger partial charge in [0, 0.05) is 26.7 Å². The third-order valence-corrected chi connectivity index (χ3v) is 9.05. The standard InChI is InChI=1S/C36H32Cl2N4O9/c1-19(44)48-31-30(50-35(32(31)49-20(2)45)42-17-25(14-15-43)28-33(41-47)39-18-40-34(28)42)29(24-12-13-26(37)27(38)16-24)51-36(46)23-10-8-22(9-11-23)21-6-4-3-5-7-21/h3-13,16-18,29-32,35,43,47H,14-15H2,1-2H3,(H,39,40,41)/t29-,30-,31-,32-,35-/m1/s1. The number of aliphatic hydroxyl groups excluding tert-OH is 1. The molecule has 0 radical (unpaired) electrons. The van der Waals surface area contributed by atoms with Crippen molar-refractivity contribution in [3.63, 3.8) is 0 Å². The molecule has 5 aromatic rings. The van der Waals surface area contributed by atoms with Crippen LogP contribution in [0.3, 0.4) is 0 Å². The number of hydrogen-bond acceptors (Lipinski definition) is 12. The number of rotatable bonds is 11. The number of hydrogen-bond donors (Lipinski definition) is 3. The zero-order valence-corrected chi connectivity index (χ0v) is 28.7. The first-order valence-electron chi connectivity index (χ1n) is 15.8. The lowest BCUT2D eigenvalue weighted by Crippen LogP contribution is -2.41. The highest BCUT2D eigenvalue weighted by Crippen LogP contribution is 2.44. The Hall–Kier alpha value is -5.05. The van der Waals surface area contributed by atoms with E-state index in [0.29, 0.717) is 16.5 Å². The first kappa shape index (κ1) is 35.8. The van der Waals surface area contributed by atoms with Crippen molar-refractivity contribution < 1.29 is 43.6 Å². The molecule has 0 saturated carbocycles. The Balaban J connectivity index is 1.45. The summed E-state index contributed by atoms with van der Waals surface area (Å²) in [7, 11) is 0. The maximum absolute atomic E-state index is 13.8. The molecule has 13 nitrogen and oxygen atoms in total. The predicted molar refractivity (Wildman–Crippen MR) is 185 cm³/mol. The summed E-state index contributed by atoms with van der Waals surface area (Å²) in [5.41, 5.74) is 5.21. The average molecular weight is 736 g/mol. The SMILES string of the molecule is CC(=O)O[C@H]1[C@@H](OC(C)=O)[C@H](n2cc(CCO)c3c(NO)ncnc32)O[C@@H]1[C@H](OC(=O)c1ccc(-c2ccccc2)cc1)c1ccc(Cl)c(Cl)c1. The molecular formula is C36H32Cl2N4O9. The molecule has 1 saturated heterocycles. The normalized spacial score (nSPS) is 19.0. The van der Waals surface area contributed by atoms with Crippen molar-refractivity contribution in [3.8, 4) is 11.1 Å². The van der Waals surface area contributed by atoms with Crippen molar-refractivity contribution in [3.05, 3.63) is 112 Å². The highest BCUT2D eigenvalue weighted by Gasteiger charge is 2.55. The highest BCUT2D eigenvalue weighted by molar-refractivity contribution is 6.42. The van der Waals surface area contributed by atoms with Gasteiger partial charge in [0.1, 0.15) is 18.1 Å². The van der Waals surface area contributed by atoms with Gasteiger partial charge in [0.2, 0.25) is 0 Å². The molecule has 0 amide bonds. The first-order chi connectivity index (χ1) is 24.6. The van der Waals surface area contributed by atoms with E-state index >= 15 is 0 Å². The number of anilines is 1. The van der Waals surface area contributed by atoms with Crippen molar-refractivity contribution in [1.82, 2.24) is 14.5 Å². The summed E-state index contributed by atoms with van der Waals surface area (Å²) in [6.45, 7) is 2.12. The van der Waals surface area contributed by atoms with Crippen LogP contribution in [-0.2, 0) is 35.0 Å². The second-order valence-electron chi connectivity index (χ2n) is 11.7. The maximum Gasteiger partial charge on any atom is 0.338 e. The summed E-state index contributed by atoms with van der Waals surface area (Å²) in [5.74, 6) is -2.12. The molecule has 51 heavy (non-hydrogen) atoms. The molecule has 1 aliphatic rings. The van der Waals surface area contributed by atoms with Crippen LogP contribution in [0.1, 0.15) is 47.7 Å². The van der Waals surface area contributed by atoms with E-state index in [0.717, 1.165) is 11.1 Å². The molecule has 3 aromatic carbocycles. The molecule has 3 heterocycles. The van der Waals surface area contributed by atoms with E-state index in [-0.39, 0.29) is 40.1 Å². The van der Waals surface area contributed by atoms with Gasteiger partial charge >= 0.3 is 17.9 Å². The number of benzene rings is 3. The Labute approximate surface area is 301 Å². The Morgan fingerprint density at radius 3 is 2.25 bits per heavy atom. The number of aliphatic hydroxyl groups is 1. The third-order valence-electron chi connectivity index (χ3n) is 8.31. The number of halogens is 2. The Morgan fingerprint density at radius 1 is 0.922 bits per heavy atom. The summed E-state index contributed by atoms with van der Waals surface area (Å²) in [5, 5.41) is 20.4. The van der Waals surface area contributed by atoms with Crippen LogP contribution in [0.15, 0.2) is 85.3 Å². The zero-order valence-electron chi connectivity index (χ0n) is 27.2. The van der Waals surface area contributed by atoms with Crippen molar-refractivity contribution in [1.29, 1.82) is 0 Å². The van der Waals surface area contributed by atoms with E-state index in [1.165, 1.54) is 36.9 Å². The number of nitrogens with one attached hydrogen (secondary N) is 1. The van der Waals surface area contributed by atoms with Gasteiger partial charge in [0.25, 0.3) is 0 Å². The van der Waals surface area contributed by atoms with E-state index in [1.807, 2.05) is 35.8 Å². The molecule has 1 aliphatic heterocycles. The predicted octanol–water partition coefficient (Wildman–Crippen LogP) is 6.10.